The molecule has 50 heavy (non-hydrogen) atoms. The van der Waals surface area contributed by atoms with Gasteiger partial charge in [0.1, 0.15) is 0 Å². The highest BCUT2D eigenvalue weighted by atomic mass is 14.6. The second kappa shape index (κ2) is 10.3. The van der Waals surface area contributed by atoms with E-state index in [-0.39, 0.29) is 5.41 Å². The Bertz CT molecular complexity index is 2690. The van der Waals surface area contributed by atoms with Crippen LogP contribution >= 0.6 is 0 Å². The van der Waals surface area contributed by atoms with Gasteiger partial charge >= 0.3 is 0 Å². The lowest BCUT2D eigenvalue weighted by molar-refractivity contribution is 0.794. The minimum absolute atomic E-state index is 0.374. The van der Waals surface area contributed by atoms with Gasteiger partial charge in [0, 0.05) is 17.1 Å². The molecule has 1 heterocycles. The number of fused-ring (bicyclic) bond motifs is 15. The second-order valence-corrected chi connectivity index (χ2v) is 13.7. The molecule has 11 rings (SSSR count). The van der Waals surface area contributed by atoms with Gasteiger partial charge in [-0.3, -0.25) is 4.98 Å². The molecule has 0 bridgehead atoms. The minimum atomic E-state index is -0.374. The van der Waals surface area contributed by atoms with Crippen LogP contribution < -0.4 is 0 Å². The quantitative estimate of drug-likeness (QED) is 0.185. The molecule has 1 nitrogen and oxygen atoms in total. The molecule has 1 aromatic heterocycles. The van der Waals surface area contributed by atoms with E-state index in [9.17, 15) is 0 Å². The number of nitrogens with zero attached hydrogens (tertiary/aromatic N) is 1. The average molecular weight is 634 g/mol. The third-order valence-electron chi connectivity index (χ3n) is 11.4. The van der Waals surface area contributed by atoms with Crippen LogP contribution in [0.1, 0.15) is 38.9 Å². The maximum absolute atomic E-state index is 4.79. The molecule has 0 saturated carbocycles. The van der Waals surface area contributed by atoms with Gasteiger partial charge in [0.2, 0.25) is 0 Å². The Kier molecular flexibility index (Phi) is 5.71. The van der Waals surface area contributed by atoms with Gasteiger partial charge in [-0.05, 0) is 102 Å². The van der Waals surface area contributed by atoms with E-state index in [1.807, 2.05) is 12.3 Å². The number of pyridine rings is 1. The molecular weight excluding hydrogens is 603 g/mol. The third-order valence-corrected chi connectivity index (χ3v) is 11.4. The normalized spacial score (nSPS) is 14.2. The van der Waals surface area contributed by atoms with Crippen LogP contribution in [0.25, 0.3) is 61.0 Å². The van der Waals surface area contributed by atoms with Crippen molar-refractivity contribution in [2.75, 3.05) is 0 Å². The first-order valence-corrected chi connectivity index (χ1v) is 17.5. The van der Waals surface area contributed by atoms with Gasteiger partial charge in [-0.15, -0.1) is 0 Å². The van der Waals surface area contributed by atoms with Crippen LogP contribution in [0.3, 0.4) is 0 Å². The summed E-state index contributed by atoms with van der Waals surface area (Å²) >= 11 is 0. The average Bonchev–Trinajstić information content (AvgIpc) is 3.58. The molecular formula is C49H31N. The Morgan fingerprint density at radius 3 is 1.84 bits per heavy atom. The molecule has 8 aromatic rings. The smallest absolute Gasteiger partial charge is 0.0780 e. The summed E-state index contributed by atoms with van der Waals surface area (Å²) in [5.74, 6) is 0. The van der Waals surface area contributed by atoms with Crippen molar-refractivity contribution >= 4 is 16.5 Å². The number of allylic oxidation sites excluding steroid dienone is 1. The molecule has 0 unspecified atom stereocenters. The topological polar surface area (TPSA) is 12.9 Å². The largest absolute Gasteiger partial charge is 0.256 e. The van der Waals surface area contributed by atoms with Crippen molar-refractivity contribution in [3.8, 4) is 44.5 Å². The van der Waals surface area contributed by atoms with Crippen molar-refractivity contribution in [2.45, 2.75) is 11.8 Å². The Morgan fingerprint density at radius 2 is 1.04 bits per heavy atom. The Hall–Kier alpha value is -6.31. The van der Waals surface area contributed by atoms with E-state index in [0.717, 1.165) is 22.9 Å². The fourth-order valence-electron chi connectivity index (χ4n) is 9.42. The van der Waals surface area contributed by atoms with E-state index in [1.54, 1.807) is 0 Å². The summed E-state index contributed by atoms with van der Waals surface area (Å²) in [6, 6.07) is 60.9. The lowest BCUT2D eigenvalue weighted by atomic mass is 9.70. The third kappa shape index (κ3) is 3.59. The molecule has 0 radical (unpaired) electrons. The predicted octanol–water partition coefficient (Wildman–Crippen LogP) is 11.9. The van der Waals surface area contributed by atoms with Crippen LogP contribution in [-0.2, 0) is 11.8 Å². The Balaban J connectivity index is 1.20. The highest BCUT2D eigenvalue weighted by molar-refractivity contribution is 6.05. The van der Waals surface area contributed by atoms with E-state index in [1.165, 1.54) is 83.5 Å². The monoisotopic (exact) mass is 633 g/mol. The summed E-state index contributed by atoms with van der Waals surface area (Å²) in [5.41, 5.74) is 21.7. The zero-order chi connectivity index (χ0) is 32.8. The predicted molar refractivity (Wildman–Crippen MR) is 206 cm³/mol. The number of hydrogen-bond donors (Lipinski definition) is 0. The summed E-state index contributed by atoms with van der Waals surface area (Å²) in [7, 11) is 0. The van der Waals surface area contributed by atoms with Crippen molar-refractivity contribution in [3.63, 3.8) is 0 Å². The number of para-hydroxylation sites is 1. The van der Waals surface area contributed by atoms with Crippen LogP contribution in [0.15, 0.2) is 176 Å². The number of rotatable bonds is 2. The van der Waals surface area contributed by atoms with Gasteiger partial charge in [0.25, 0.3) is 0 Å². The molecule has 0 fully saturated rings. The van der Waals surface area contributed by atoms with Gasteiger partial charge in [0.15, 0.2) is 0 Å². The summed E-state index contributed by atoms with van der Waals surface area (Å²) in [5, 5.41) is 1.16. The van der Waals surface area contributed by atoms with Gasteiger partial charge in [-0.25, -0.2) is 0 Å². The minimum Gasteiger partial charge on any atom is -0.256 e. The first kappa shape index (κ1) is 27.6. The van der Waals surface area contributed by atoms with Crippen molar-refractivity contribution < 1.29 is 0 Å². The molecule has 0 saturated heterocycles. The lowest BCUT2D eigenvalue weighted by Gasteiger charge is -2.31. The molecule has 1 heteroatoms. The maximum atomic E-state index is 4.79. The fourth-order valence-corrected chi connectivity index (χ4v) is 9.42. The van der Waals surface area contributed by atoms with Gasteiger partial charge in [-0.1, -0.05) is 158 Å². The van der Waals surface area contributed by atoms with Crippen LogP contribution in [-0.4, -0.2) is 4.98 Å². The molecule has 0 aliphatic heterocycles. The van der Waals surface area contributed by atoms with Crippen LogP contribution in [0.4, 0.5) is 0 Å². The Labute approximate surface area is 291 Å². The number of benzene rings is 7. The van der Waals surface area contributed by atoms with Crippen LogP contribution in [0.2, 0.25) is 0 Å². The first-order valence-electron chi connectivity index (χ1n) is 17.5. The molecule has 0 amide bonds. The van der Waals surface area contributed by atoms with E-state index in [2.05, 4.69) is 164 Å². The zero-order valence-electron chi connectivity index (χ0n) is 27.4. The van der Waals surface area contributed by atoms with E-state index in [0.29, 0.717) is 0 Å². The number of aromatic nitrogens is 1. The van der Waals surface area contributed by atoms with E-state index >= 15 is 0 Å². The summed E-state index contributed by atoms with van der Waals surface area (Å²) in [6.45, 7) is 0. The van der Waals surface area contributed by atoms with Gasteiger partial charge in [-0.2, -0.15) is 0 Å². The van der Waals surface area contributed by atoms with Crippen molar-refractivity contribution in [3.05, 3.63) is 215 Å². The van der Waals surface area contributed by atoms with Crippen molar-refractivity contribution in [2.24, 2.45) is 0 Å². The molecule has 0 N–H and O–H groups in total. The Morgan fingerprint density at radius 1 is 0.420 bits per heavy atom. The molecule has 7 aromatic carbocycles. The highest BCUT2D eigenvalue weighted by Crippen LogP contribution is 2.64. The number of hydrogen-bond acceptors (Lipinski definition) is 1. The van der Waals surface area contributed by atoms with Crippen LogP contribution in [0, 0.1) is 0 Å². The van der Waals surface area contributed by atoms with Crippen molar-refractivity contribution in [1.82, 2.24) is 4.98 Å². The zero-order valence-corrected chi connectivity index (χ0v) is 27.4. The second-order valence-electron chi connectivity index (χ2n) is 13.7. The van der Waals surface area contributed by atoms with E-state index in [4.69, 9.17) is 4.98 Å². The van der Waals surface area contributed by atoms with E-state index < -0.39 is 0 Å². The van der Waals surface area contributed by atoms with Crippen molar-refractivity contribution in [1.29, 1.82) is 0 Å². The summed E-state index contributed by atoms with van der Waals surface area (Å²) < 4.78 is 0. The molecule has 232 valence electrons. The molecule has 3 aliphatic carbocycles. The van der Waals surface area contributed by atoms with Gasteiger partial charge < -0.3 is 0 Å². The first-order chi connectivity index (χ1) is 24.8. The lowest BCUT2D eigenvalue weighted by Crippen LogP contribution is -2.25. The SMILES string of the molecule is C1=C(c2cccc(-c3cccc4cccnc34)c2)c2ccc3c(c2-c2ccccc2C1)-c1ccccc1C31c2ccccc2-c2ccccc21. The maximum Gasteiger partial charge on any atom is 0.0780 e. The molecule has 3 aliphatic rings. The fraction of sp³-hybridized carbons (Fsp3) is 0.0408. The highest BCUT2D eigenvalue weighted by Gasteiger charge is 2.52. The summed E-state index contributed by atoms with van der Waals surface area (Å²) in [6.07, 6.45) is 5.21. The molecule has 0 atom stereocenters. The standard InChI is InChI=1S/C49H31N/c1-2-17-36-31(12-1)25-26-35(33-14-9-15-34(30-33)37-21-10-13-32-16-11-29-50-48(32)37)40-27-28-45-47(46(36)40)41-20-5-8-24-44(41)49(45)42-22-6-3-18-38(42)39-19-4-7-23-43(39)49/h1-24,26-30H,25H2. The summed E-state index contributed by atoms with van der Waals surface area (Å²) in [4.78, 5) is 4.79. The molecule has 1 spiro atoms. The van der Waals surface area contributed by atoms with Crippen LogP contribution in [0.5, 0.6) is 0 Å². The van der Waals surface area contributed by atoms with Gasteiger partial charge in [0.05, 0.1) is 10.9 Å².